The average molecular weight is 169 g/mol. The lowest BCUT2D eigenvalue weighted by molar-refractivity contribution is 0.539. The third-order valence-electron chi connectivity index (χ3n) is 2.13. The van der Waals surface area contributed by atoms with E-state index >= 15 is 0 Å². The highest BCUT2D eigenvalue weighted by molar-refractivity contribution is 6.31. The lowest BCUT2D eigenvalue weighted by atomic mass is 9.81. The third-order valence-corrected chi connectivity index (χ3v) is 2.58. The SMILES string of the molecule is C=CC1(C)C=CC(Cl)=C(C)C1. The molecular weight excluding hydrogens is 156 g/mol. The van der Waals surface area contributed by atoms with E-state index in [4.69, 9.17) is 11.6 Å². The average Bonchev–Trinajstić information content (AvgIpc) is 1.98. The molecule has 1 aliphatic carbocycles. The van der Waals surface area contributed by atoms with Crippen LogP contribution < -0.4 is 0 Å². The van der Waals surface area contributed by atoms with Crippen molar-refractivity contribution in [2.45, 2.75) is 20.3 Å². The number of halogens is 1. The van der Waals surface area contributed by atoms with E-state index in [1.54, 1.807) is 0 Å². The Kier molecular flexibility index (Phi) is 2.24. The molecule has 1 atom stereocenters. The third kappa shape index (κ3) is 1.75. The molecule has 0 saturated heterocycles. The Hall–Kier alpha value is -0.490. The summed E-state index contributed by atoms with van der Waals surface area (Å²) in [6.45, 7) is 8.02. The van der Waals surface area contributed by atoms with Crippen LogP contribution in [0.2, 0.25) is 0 Å². The Labute approximate surface area is 73.3 Å². The van der Waals surface area contributed by atoms with E-state index < -0.39 is 0 Å². The molecule has 0 aromatic heterocycles. The van der Waals surface area contributed by atoms with Crippen molar-refractivity contribution in [1.82, 2.24) is 0 Å². The zero-order chi connectivity index (χ0) is 8.48. The Morgan fingerprint density at radius 2 is 2.36 bits per heavy atom. The summed E-state index contributed by atoms with van der Waals surface area (Å²) in [5.41, 5.74) is 1.36. The molecule has 60 valence electrons. The highest BCUT2D eigenvalue weighted by Gasteiger charge is 2.21. The lowest BCUT2D eigenvalue weighted by Gasteiger charge is -2.25. The lowest BCUT2D eigenvalue weighted by Crippen LogP contribution is -2.12. The second kappa shape index (κ2) is 2.86. The van der Waals surface area contributed by atoms with Gasteiger partial charge in [-0.2, -0.15) is 0 Å². The van der Waals surface area contributed by atoms with Gasteiger partial charge in [-0.05, 0) is 19.4 Å². The molecule has 0 spiro atoms. The molecule has 0 heterocycles. The van der Waals surface area contributed by atoms with Crippen molar-refractivity contribution in [1.29, 1.82) is 0 Å². The van der Waals surface area contributed by atoms with Crippen molar-refractivity contribution in [3.8, 4) is 0 Å². The van der Waals surface area contributed by atoms with Crippen LogP contribution in [0.1, 0.15) is 20.3 Å². The van der Waals surface area contributed by atoms with E-state index in [2.05, 4.69) is 26.5 Å². The summed E-state index contributed by atoms with van der Waals surface area (Å²) in [6.07, 6.45) is 7.03. The zero-order valence-electron chi connectivity index (χ0n) is 7.02. The van der Waals surface area contributed by atoms with Crippen LogP contribution in [-0.2, 0) is 0 Å². The quantitative estimate of drug-likeness (QED) is 0.525. The predicted octanol–water partition coefficient (Wildman–Crippen LogP) is 3.65. The Balaban J connectivity index is 2.90. The van der Waals surface area contributed by atoms with Gasteiger partial charge in [-0.25, -0.2) is 0 Å². The summed E-state index contributed by atoms with van der Waals surface area (Å²) in [6, 6.07) is 0. The van der Waals surface area contributed by atoms with Gasteiger partial charge in [0.15, 0.2) is 0 Å². The minimum Gasteiger partial charge on any atom is -0.102 e. The Morgan fingerprint density at radius 1 is 1.73 bits per heavy atom. The molecule has 11 heavy (non-hydrogen) atoms. The predicted molar refractivity (Wildman–Crippen MR) is 50.6 cm³/mol. The molecule has 0 saturated carbocycles. The fraction of sp³-hybridized carbons (Fsp3) is 0.400. The van der Waals surface area contributed by atoms with E-state index in [-0.39, 0.29) is 5.41 Å². The molecular formula is C10H13Cl. The van der Waals surface area contributed by atoms with Gasteiger partial charge < -0.3 is 0 Å². The van der Waals surface area contributed by atoms with Crippen molar-refractivity contribution in [2.75, 3.05) is 0 Å². The first kappa shape index (κ1) is 8.61. The van der Waals surface area contributed by atoms with Crippen molar-refractivity contribution >= 4 is 11.6 Å². The van der Waals surface area contributed by atoms with E-state index in [1.165, 1.54) is 5.57 Å². The largest absolute Gasteiger partial charge is 0.102 e. The minimum atomic E-state index is 0.114. The molecule has 1 aliphatic rings. The van der Waals surface area contributed by atoms with Crippen LogP contribution in [0.4, 0.5) is 0 Å². The van der Waals surface area contributed by atoms with Gasteiger partial charge in [-0.15, -0.1) is 6.58 Å². The Morgan fingerprint density at radius 3 is 2.82 bits per heavy atom. The van der Waals surface area contributed by atoms with Crippen molar-refractivity contribution in [3.05, 3.63) is 35.4 Å². The van der Waals surface area contributed by atoms with E-state index in [0.717, 1.165) is 11.5 Å². The van der Waals surface area contributed by atoms with Crippen LogP contribution in [0.25, 0.3) is 0 Å². The zero-order valence-corrected chi connectivity index (χ0v) is 7.78. The van der Waals surface area contributed by atoms with Gasteiger partial charge in [-0.3, -0.25) is 0 Å². The van der Waals surface area contributed by atoms with E-state index in [1.807, 2.05) is 12.2 Å². The van der Waals surface area contributed by atoms with Crippen LogP contribution in [0, 0.1) is 5.41 Å². The van der Waals surface area contributed by atoms with Crippen LogP contribution in [0.5, 0.6) is 0 Å². The minimum absolute atomic E-state index is 0.114. The molecule has 0 bridgehead atoms. The van der Waals surface area contributed by atoms with Crippen LogP contribution in [-0.4, -0.2) is 0 Å². The van der Waals surface area contributed by atoms with Crippen molar-refractivity contribution in [2.24, 2.45) is 5.41 Å². The van der Waals surface area contributed by atoms with Gasteiger partial charge >= 0.3 is 0 Å². The summed E-state index contributed by atoms with van der Waals surface area (Å²) < 4.78 is 0. The molecule has 0 aromatic carbocycles. The maximum absolute atomic E-state index is 5.91. The summed E-state index contributed by atoms with van der Waals surface area (Å²) >= 11 is 5.91. The molecule has 1 rings (SSSR count). The Bertz CT molecular complexity index is 235. The van der Waals surface area contributed by atoms with Gasteiger partial charge in [0.1, 0.15) is 0 Å². The van der Waals surface area contributed by atoms with Gasteiger partial charge in [0.25, 0.3) is 0 Å². The molecule has 0 fully saturated rings. The maximum Gasteiger partial charge on any atom is 0.0392 e. The second-order valence-electron chi connectivity index (χ2n) is 3.35. The van der Waals surface area contributed by atoms with E-state index in [0.29, 0.717) is 0 Å². The van der Waals surface area contributed by atoms with Crippen LogP contribution >= 0.6 is 11.6 Å². The standard InChI is InChI=1S/C10H13Cl/c1-4-10(3)6-5-9(11)8(2)7-10/h4-6H,1,7H2,2-3H3. The van der Waals surface area contributed by atoms with Gasteiger partial charge in [0.05, 0.1) is 0 Å². The van der Waals surface area contributed by atoms with Crippen LogP contribution in [0.15, 0.2) is 35.4 Å². The molecule has 0 aliphatic heterocycles. The molecule has 0 nitrogen and oxygen atoms in total. The number of rotatable bonds is 1. The normalized spacial score (nSPS) is 30.8. The molecule has 0 aromatic rings. The second-order valence-corrected chi connectivity index (χ2v) is 3.76. The first-order valence-corrected chi connectivity index (χ1v) is 4.13. The van der Waals surface area contributed by atoms with E-state index in [9.17, 15) is 0 Å². The molecule has 1 heteroatoms. The summed E-state index contributed by atoms with van der Waals surface area (Å²) in [5, 5.41) is 0.879. The monoisotopic (exact) mass is 168 g/mol. The van der Waals surface area contributed by atoms with Gasteiger partial charge in [0.2, 0.25) is 0 Å². The molecule has 1 unspecified atom stereocenters. The first-order chi connectivity index (χ1) is 5.07. The molecule has 0 radical (unpaired) electrons. The molecule has 0 amide bonds. The fourth-order valence-corrected chi connectivity index (χ4v) is 1.39. The fourth-order valence-electron chi connectivity index (χ4n) is 1.26. The number of allylic oxidation sites excluding steroid dienone is 5. The van der Waals surface area contributed by atoms with Gasteiger partial charge in [-0.1, -0.05) is 36.2 Å². The maximum atomic E-state index is 5.91. The summed E-state index contributed by atoms with van der Waals surface area (Å²) in [7, 11) is 0. The number of hydrogen-bond donors (Lipinski definition) is 0. The topological polar surface area (TPSA) is 0 Å². The number of hydrogen-bond acceptors (Lipinski definition) is 0. The molecule has 0 N–H and O–H groups in total. The highest BCUT2D eigenvalue weighted by atomic mass is 35.5. The summed E-state index contributed by atoms with van der Waals surface area (Å²) in [4.78, 5) is 0. The van der Waals surface area contributed by atoms with Crippen molar-refractivity contribution in [3.63, 3.8) is 0 Å². The van der Waals surface area contributed by atoms with Crippen LogP contribution in [0.3, 0.4) is 0 Å². The first-order valence-electron chi connectivity index (χ1n) is 3.75. The smallest absolute Gasteiger partial charge is 0.0392 e. The van der Waals surface area contributed by atoms with Gasteiger partial charge in [0, 0.05) is 10.4 Å². The summed E-state index contributed by atoms with van der Waals surface area (Å²) in [5.74, 6) is 0. The van der Waals surface area contributed by atoms with Crippen molar-refractivity contribution < 1.29 is 0 Å². The highest BCUT2D eigenvalue weighted by Crippen LogP contribution is 2.35.